The number of hydrogen-bond donors (Lipinski definition) is 1. The van der Waals surface area contributed by atoms with Crippen LogP contribution in [0.4, 0.5) is 11.4 Å². The molecule has 0 unspecified atom stereocenters. The highest BCUT2D eigenvalue weighted by atomic mass is 35.5. The topological polar surface area (TPSA) is 64.4 Å². The van der Waals surface area contributed by atoms with Gasteiger partial charge >= 0.3 is 0 Å². The molecule has 1 N–H and O–H groups in total. The molecule has 0 aliphatic heterocycles. The number of hydrogen-bond acceptors (Lipinski definition) is 4. The molecule has 0 amide bonds. The molecule has 132 valence electrons. The first-order valence-corrected chi connectivity index (χ1v) is 8.42. The second kappa shape index (κ2) is 8.36. The number of nitro benzene ring substituents is 1. The molecular formula is C20H17ClN2O3. The van der Waals surface area contributed by atoms with Crippen molar-refractivity contribution in [3.05, 3.63) is 99.1 Å². The van der Waals surface area contributed by atoms with Crippen LogP contribution < -0.4 is 10.1 Å². The number of nitrogens with zero attached hydrogens (tertiary/aromatic N) is 1. The van der Waals surface area contributed by atoms with Gasteiger partial charge in [0.05, 0.1) is 4.92 Å². The fraction of sp³-hybridized carbons (Fsp3) is 0.100. The largest absolute Gasteiger partial charge is 0.489 e. The molecule has 3 rings (SSSR count). The lowest BCUT2D eigenvalue weighted by atomic mass is 10.2. The maximum absolute atomic E-state index is 10.7. The van der Waals surface area contributed by atoms with E-state index < -0.39 is 4.92 Å². The Hall–Kier alpha value is -3.05. The van der Waals surface area contributed by atoms with Crippen molar-refractivity contribution in [2.24, 2.45) is 0 Å². The normalized spacial score (nSPS) is 10.3. The summed E-state index contributed by atoms with van der Waals surface area (Å²) in [5, 5.41) is 14.7. The third kappa shape index (κ3) is 4.97. The van der Waals surface area contributed by atoms with Crippen molar-refractivity contribution in [1.29, 1.82) is 0 Å². The van der Waals surface area contributed by atoms with Gasteiger partial charge in [0.15, 0.2) is 0 Å². The van der Waals surface area contributed by atoms with E-state index in [0.29, 0.717) is 18.2 Å². The molecule has 3 aromatic carbocycles. The van der Waals surface area contributed by atoms with Gasteiger partial charge < -0.3 is 10.1 Å². The highest BCUT2D eigenvalue weighted by Crippen LogP contribution is 2.19. The number of halogens is 1. The van der Waals surface area contributed by atoms with Crippen LogP contribution in [0.5, 0.6) is 5.75 Å². The van der Waals surface area contributed by atoms with Gasteiger partial charge in [-0.2, -0.15) is 0 Å². The summed E-state index contributed by atoms with van der Waals surface area (Å²) in [6, 6.07) is 21.7. The van der Waals surface area contributed by atoms with E-state index in [1.807, 2.05) is 48.5 Å². The van der Waals surface area contributed by atoms with Gasteiger partial charge in [-0.15, -0.1) is 0 Å². The van der Waals surface area contributed by atoms with E-state index in [1.54, 1.807) is 12.1 Å². The van der Waals surface area contributed by atoms with E-state index in [2.05, 4.69) is 5.32 Å². The molecular weight excluding hydrogens is 352 g/mol. The summed E-state index contributed by atoms with van der Waals surface area (Å²) in [5.74, 6) is 0.749. The smallest absolute Gasteiger partial charge is 0.269 e. The minimum absolute atomic E-state index is 0.0732. The number of nitro groups is 1. The summed E-state index contributed by atoms with van der Waals surface area (Å²) in [7, 11) is 0. The van der Waals surface area contributed by atoms with Crippen molar-refractivity contribution in [2.75, 3.05) is 5.32 Å². The predicted octanol–water partition coefficient (Wildman–Crippen LogP) is 5.44. The van der Waals surface area contributed by atoms with Crippen molar-refractivity contribution in [2.45, 2.75) is 13.2 Å². The van der Waals surface area contributed by atoms with Gasteiger partial charge in [-0.1, -0.05) is 23.7 Å². The van der Waals surface area contributed by atoms with Crippen molar-refractivity contribution >= 4 is 23.0 Å². The van der Waals surface area contributed by atoms with E-state index in [1.165, 1.54) is 12.1 Å². The molecule has 0 aliphatic carbocycles. The third-order valence-corrected chi connectivity index (χ3v) is 4.04. The van der Waals surface area contributed by atoms with Gasteiger partial charge in [0.25, 0.3) is 5.69 Å². The first-order chi connectivity index (χ1) is 12.6. The van der Waals surface area contributed by atoms with E-state index in [0.717, 1.165) is 22.6 Å². The van der Waals surface area contributed by atoms with Crippen LogP contribution in [0.2, 0.25) is 5.02 Å². The third-order valence-electron chi connectivity index (χ3n) is 3.79. The second-order valence-corrected chi connectivity index (χ2v) is 6.16. The number of nitrogens with one attached hydrogen (secondary N) is 1. The highest BCUT2D eigenvalue weighted by Gasteiger charge is 2.04. The standard InChI is InChI=1S/C20H17ClN2O3/c21-17-6-8-18(9-7-17)22-13-16-2-1-3-20(12-16)26-14-15-4-10-19(11-5-15)23(24)25/h1-12,22H,13-14H2. The molecule has 0 aliphatic rings. The average molecular weight is 369 g/mol. The van der Waals surface area contributed by atoms with E-state index in [-0.39, 0.29) is 5.69 Å². The van der Waals surface area contributed by atoms with Gasteiger partial charge in [0.1, 0.15) is 12.4 Å². The molecule has 0 heterocycles. The lowest BCUT2D eigenvalue weighted by molar-refractivity contribution is -0.384. The zero-order valence-electron chi connectivity index (χ0n) is 13.9. The zero-order valence-corrected chi connectivity index (χ0v) is 14.6. The Balaban J connectivity index is 1.56. The molecule has 0 saturated heterocycles. The van der Waals surface area contributed by atoms with Crippen LogP contribution in [0.15, 0.2) is 72.8 Å². The van der Waals surface area contributed by atoms with Crippen molar-refractivity contribution < 1.29 is 9.66 Å². The van der Waals surface area contributed by atoms with E-state index in [4.69, 9.17) is 16.3 Å². The summed E-state index contributed by atoms with van der Waals surface area (Å²) < 4.78 is 5.79. The Morgan fingerprint density at radius 1 is 0.962 bits per heavy atom. The Morgan fingerprint density at radius 3 is 2.38 bits per heavy atom. The zero-order chi connectivity index (χ0) is 18.4. The van der Waals surface area contributed by atoms with Crippen LogP contribution in [0.25, 0.3) is 0 Å². The van der Waals surface area contributed by atoms with Crippen LogP contribution in [-0.2, 0) is 13.2 Å². The van der Waals surface area contributed by atoms with Gasteiger partial charge in [-0.3, -0.25) is 10.1 Å². The molecule has 0 aromatic heterocycles. The van der Waals surface area contributed by atoms with Crippen LogP contribution in [-0.4, -0.2) is 4.92 Å². The van der Waals surface area contributed by atoms with Gasteiger partial charge in [-0.25, -0.2) is 0 Å². The van der Waals surface area contributed by atoms with Crippen LogP contribution >= 0.6 is 11.6 Å². The molecule has 26 heavy (non-hydrogen) atoms. The molecule has 5 nitrogen and oxygen atoms in total. The fourth-order valence-corrected chi connectivity index (χ4v) is 2.52. The Morgan fingerprint density at radius 2 is 1.69 bits per heavy atom. The van der Waals surface area contributed by atoms with E-state index in [9.17, 15) is 10.1 Å². The lowest BCUT2D eigenvalue weighted by Gasteiger charge is -2.10. The Labute approximate surface area is 156 Å². The molecule has 0 radical (unpaired) electrons. The summed E-state index contributed by atoms with van der Waals surface area (Å²) in [6.45, 7) is 1.02. The fourth-order valence-electron chi connectivity index (χ4n) is 2.40. The maximum Gasteiger partial charge on any atom is 0.269 e. The predicted molar refractivity (Wildman–Crippen MR) is 103 cm³/mol. The van der Waals surface area contributed by atoms with Crippen LogP contribution in [0, 0.1) is 10.1 Å². The quantitative estimate of drug-likeness (QED) is 0.445. The van der Waals surface area contributed by atoms with Crippen molar-refractivity contribution in [1.82, 2.24) is 0 Å². The lowest BCUT2D eigenvalue weighted by Crippen LogP contribution is -2.00. The Bertz CT molecular complexity index is 880. The Kier molecular flexibility index (Phi) is 5.71. The molecule has 0 saturated carbocycles. The summed E-state index contributed by atoms with van der Waals surface area (Å²) >= 11 is 5.88. The summed E-state index contributed by atoms with van der Waals surface area (Å²) in [5.41, 5.74) is 3.03. The molecule has 3 aromatic rings. The van der Waals surface area contributed by atoms with Gasteiger partial charge in [0.2, 0.25) is 0 Å². The number of ether oxygens (including phenoxy) is 1. The van der Waals surface area contributed by atoms with E-state index >= 15 is 0 Å². The first kappa shape index (κ1) is 17.8. The average Bonchev–Trinajstić information content (AvgIpc) is 2.66. The summed E-state index contributed by atoms with van der Waals surface area (Å²) in [6.07, 6.45) is 0. The van der Waals surface area contributed by atoms with Gasteiger partial charge in [0, 0.05) is 29.4 Å². The minimum atomic E-state index is -0.415. The van der Waals surface area contributed by atoms with Crippen LogP contribution in [0.3, 0.4) is 0 Å². The number of anilines is 1. The maximum atomic E-state index is 10.7. The van der Waals surface area contributed by atoms with Crippen LogP contribution in [0.1, 0.15) is 11.1 Å². The summed E-state index contributed by atoms with van der Waals surface area (Å²) in [4.78, 5) is 10.3. The number of rotatable bonds is 7. The molecule has 0 bridgehead atoms. The molecule has 6 heteroatoms. The first-order valence-electron chi connectivity index (χ1n) is 8.05. The number of benzene rings is 3. The van der Waals surface area contributed by atoms with Crippen molar-refractivity contribution in [3.8, 4) is 5.75 Å². The minimum Gasteiger partial charge on any atom is -0.489 e. The number of non-ortho nitro benzene ring substituents is 1. The molecule has 0 atom stereocenters. The SMILES string of the molecule is O=[N+]([O-])c1ccc(COc2cccc(CNc3ccc(Cl)cc3)c2)cc1. The van der Waals surface area contributed by atoms with Gasteiger partial charge in [-0.05, 0) is 59.7 Å². The molecule has 0 spiro atoms. The second-order valence-electron chi connectivity index (χ2n) is 5.72. The molecule has 0 fully saturated rings. The van der Waals surface area contributed by atoms with Crippen molar-refractivity contribution in [3.63, 3.8) is 0 Å². The monoisotopic (exact) mass is 368 g/mol. The highest BCUT2D eigenvalue weighted by molar-refractivity contribution is 6.30.